The lowest BCUT2D eigenvalue weighted by Gasteiger charge is -2.60. The van der Waals surface area contributed by atoms with E-state index in [-0.39, 0.29) is 42.7 Å². The van der Waals surface area contributed by atoms with E-state index < -0.39 is 46.1 Å². The van der Waals surface area contributed by atoms with Crippen molar-refractivity contribution in [3.05, 3.63) is 35.3 Å². The van der Waals surface area contributed by atoms with Crippen LogP contribution in [0.4, 0.5) is 0 Å². The first kappa shape index (κ1) is 30.4. The quantitative estimate of drug-likeness (QED) is 0.335. The highest BCUT2D eigenvalue weighted by Gasteiger charge is 2.70. The Bertz CT molecular complexity index is 1250. The van der Waals surface area contributed by atoms with E-state index in [1.54, 1.807) is 26.0 Å². The Morgan fingerprint density at radius 1 is 1.07 bits per heavy atom. The molecule has 9 heteroatoms. The number of furan rings is 1. The summed E-state index contributed by atoms with van der Waals surface area (Å²) in [7, 11) is 0. The molecule has 9 nitrogen and oxygen atoms in total. The third kappa shape index (κ3) is 4.41. The van der Waals surface area contributed by atoms with E-state index in [9.17, 15) is 30.3 Å². The molecule has 1 aromatic heterocycles. The highest BCUT2D eigenvalue weighted by Crippen LogP contribution is 2.70. The molecule has 0 amide bonds. The van der Waals surface area contributed by atoms with Crippen LogP contribution in [0, 0.1) is 28.6 Å². The largest absolute Gasteiger partial charge is 0.466 e. The van der Waals surface area contributed by atoms with Crippen molar-refractivity contribution < 1.29 is 44.2 Å². The van der Waals surface area contributed by atoms with Crippen molar-refractivity contribution in [3.63, 3.8) is 0 Å². The fourth-order valence-electron chi connectivity index (χ4n) is 9.80. The van der Waals surface area contributed by atoms with Gasteiger partial charge < -0.3 is 39.4 Å². The van der Waals surface area contributed by atoms with E-state index >= 15 is 0 Å². The van der Waals surface area contributed by atoms with Gasteiger partial charge in [0.05, 0.1) is 41.4 Å². The Balaban J connectivity index is 1.35. The lowest BCUT2D eigenvalue weighted by atomic mass is 9.45. The Morgan fingerprint density at radius 2 is 1.81 bits per heavy atom. The zero-order chi connectivity index (χ0) is 30.5. The first-order chi connectivity index (χ1) is 19.6. The van der Waals surface area contributed by atoms with Gasteiger partial charge in [0.1, 0.15) is 12.4 Å². The van der Waals surface area contributed by atoms with Gasteiger partial charge in [-0.15, -0.1) is 0 Å². The monoisotopic (exact) mass is 588 g/mol. The van der Waals surface area contributed by atoms with Crippen molar-refractivity contribution in [2.24, 2.45) is 28.6 Å². The molecule has 3 saturated carbocycles. The van der Waals surface area contributed by atoms with Crippen LogP contribution in [0.3, 0.4) is 0 Å². The van der Waals surface area contributed by atoms with Crippen molar-refractivity contribution in [3.8, 4) is 0 Å². The molecule has 11 atom stereocenters. The summed E-state index contributed by atoms with van der Waals surface area (Å²) in [5.74, 6) is -0.193. The van der Waals surface area contributed by atoms with E-state index in [1.807, 2.05) is 0 Å². The Hall–Kier alpha value is -1.59. The normalized spacial score (nSPS) is 47.1. The highest BCUT2D eigenvalue weighted by molar-refractivity contribution is 5.95. The molecule has 6 rings (SSSR count). The predicted octanol–water partition coefficient (Wildman–Crippen LogP) is 3.70. The number of fused-ring (bicyclic) bond motifs is 5. The zero-order valence-electron chi connectivity index (χ0n) is 25.5. The van der Waals surface area contributed by atoms with Crippen molar-refractivity contribution in [2.75, 3.05) is 0 Å². The van der Waals surface area contributed by atoms with Crippen LogP contribution in [0.5, 0.6) is 0 Å². The predicted molar refractivity (Wildman–Crippen MR) is 152 cm³/mol. The topological polar surface area (TPSA) is 150 Å². The van der Waals surface area contributed by atoms with Crippen LogP contribution in [0.2, 0.25) is 0 Å². The molecule has 5 N–H and O–H groups in total. The van der Waals surface area contributed by atoms with Crippen LogP contribution in [-0.4, -0.2) is 66.4 Å². The Kier molecular flexibility index (Phi) is 7.22. The number of carbonyl (C=O) groups is 1. The number of ether oxygens (including phenoxy) is 2. The third-order valence-electron chi connectivity index (χ3n) is 12.2. The minimum absolute atomic E-state index is 0.0608. The molecule has 0 unspecified atom stereocenters. The molecule has 234 valence electrons. The fourth-order valence-corrected chi connectivity index (χ4v) is 9.80. The number of allylic oxidation sites excluding steroid dienone is 1. The second-order valence-corrected chi connectivity index (χ2v) is 15.2. The minimum Gasteiger partial charge on any atom is -0.466 e. The van der Waals surface area contributed by atoms with Gasteiger partial charge in [-0.1, -0.05) is 13.8 Å². The van der Waals surface area contributed by atoms with Crippen LogP contribution in [0.25, 0.3) is 0 Å². The van der Waals surface area contributed by atoms with Crippen LogP contribution in [-0.2, 0) is 20.9 Å². The second-order valence-electron chi connectivity index (χ2n) is 15.2. The maximum Gasteiger partial charge on any atom is 0.188 e. The lowest BCUT2D eigenvalue weighted by molar-refractivity contribution is -0.168. The molecule has 0 radical (unpaired) electrons. The molecule has 5 aliphatic rings. The van der Waals surface area contributed by atoms with Gasteiger partial charge in [-0.25, -0.2) is 0 Å². The molecule has 1 aliphatic heterocycles. The van der Waals surface area contributed by atoms with Gasteiger partial charge in [0, 0.05) is 16.9 Å². The second kappa shape index (κ2) is 9.96. The SMILES string of the molecule is CC(C)(O)CC[C@H]1O[C@@H](c2coc(CO)c2)O[C@@]1(C)[C@H]1CC[C@@]2(O)C3=CC(=O)[C@@H]4C[C@@H](O)[C@@H](O)C[C@]4(C)[C@H]3CC[C@]12C. The van der Waals surface area contributed by atoms with Gasteiger partial charge in [-0.2, -0.15) is 0 Å². The number of hydrogen-bond donors (Lipinski definition) is 5. The number of aliphatic hydroxyl groups excluding tert-OH is 3. The van der Waals surface area contributed by atoms with Crippen molar-refractivity contribution in [2.45, 2.75) is 134 Å². The first-order valence-corrected chi connectivity index (χ1v) is 15.6. The van der Waals surface area contributed by atoms with Gasteiger partial charge >= 0.3 is 0 Å². The average Bonchev–Trinajstić information content (AvgIpc) is 3.59. The smallest absolute Gasteiger partial charge is 0.188 e. The van der Waals surface area contributed by atoms with Crippen LogP contribution < -0.4 is 0 Å². The molecule has 0 aromatic carbocycles. The maximum absolute atomic E-state index is 13.6. The summed E-state index contributed by atoms with van der Waals surface area (Å²) in [5, 5.41) is 53.8. The van der Waals surface area contributed by atoms with Gasteiger partial charge in [-0.05, 0) is 107 Å². The summed E-state index contributed by atoms with van der Waals surface area (Å²) in [5.41, 5.74) is -2.61. The van der Waals surface area contributed by atoms with E-state index in [0.29, 0.717) is 49.8 Å². The molecular formula is C33H48O9. The number of carbonyl (C=O) groups excluding carboxylic acids is 1. The fraction of sp³-hybridized carbons (Fsp3) is 0.788. The van der Waals surface area contributed by atoms with Gasteiger partial charge in [0.15, 0.2) is 12.1 Å². The molecule has 0 spiro atoms. The Labute approximate surface area is 247 Å². The summed E-state index contributed by atoms with van der Waals surface area (Å²) < 4.78 is 18.8. The standard InChI is InChI=1S/C33H48O9/c1-29(2,38)9-8-27-32(5,42-28(41-27)18-12-19(16-34)40-17-18)26-7-11-33(39)21-13-23(35)22-14-24(36)25(37)15-30(22,3)20(21)6-10-31(26,33)4/h12-13,17,20,22,24-28,34,36-39H,6-11,14-16H2,1-5H3/t20-,22-,24+,25-,26-,27+,28+,30+,31+,32-,33+/m0/s1. The number of aliphatic hydroxyl groups is 5. The third-order valence-corrected chi connectivity index (χ3v) is 12.2. The number of rotatable bonds is 6. The van der Waals surface area contributed by atoms with Gasteiger partial charge in [0.2, 0.25) is 0 Å². The summed E-state index contributed by atoms with van der Waals surface area (Å²) in [4.78, 5) is 13.6. The lowest BCUT2D eigenvalue weighted by Crippen LogP contribution is -2.62. The Morgan fingerprint density at radius 3 is 2.48 bits per heavy atom. The molecule has 42 heavy (non-hydrogen) atoms. The summed E-state index contributed by atoms with van der Waals surface area (Å²) in [6, 6.07) is 1.73. The van der Waals surface area contributed by atoms with E-state index in [2.05, 4.69) is 20.8 Å². The molecule has 1 saturated heterocycles. The summed E-state index contributed by atoms with van der Waals surface area (Å²) in [6.45, 7) is 9.55. The van der Waals surface area contributed by atoms with Gasteiger partial charge in [0.25, 0.3) is 0 Å². The zero-order valence-corrected chi connectivity index (χ0v) is 25.5. The van der Waals surface area contributed by atoms with Crippen molar-refractivity contribution in [1.82, 2.24) is 0 Å². The summed E-state index contributed by atoms with van der Waals surface area (Å²) >= 11 is 0. The molecule has 2 heterocycles. The summed E-state index contributed by atoms with van der Waals surface area (Å²) in [6.07, 6.45) is 4.59. The maximum atomic E-state index is 13.6. The number of ketones is 1. The van der Waals surface area contributed by atoms with Crippen LogP contribution in [0.15, 0.2) is 28.4 Å². The highest BCUT2D eigenvalue weighted by atomic mass is 16.7. The minimum atomic E-state index is -1.23. The molecule has 1 aromatic rings. The molecule has 0 bridgehead atoms. The van der Waals surface area contributed by atoms with Crippen molar-refractivity contribution in [1.29, 1.82) is 0 Å². The van der Waals surface area contributed by atoms with Crippen LogP contribution in [0.1, 0.15) is 104 Å². The van der Waals surface area contributed by atoms with Gasteiger partial charge in [-0.3, -0.25) is 4.79 Å². The first-order valence-electron chi connectivity index (χ1n) is 15.6. The molecular weight excluding hydrogens is 540 g/mol. The van der Waals surface area contributed by atoms with E-state index in [4.69, 9.17) is 13.9 Å². The van der Waals surface area contributed by atoms with Crippen molar-refractivity contribution >= 4 is 5.78 Å². The molecule has 4 fully saturated rings. The van der Waals surface area contributed by atoms with Crippen LogP contribution >= 0.6 is 0 Å². The van der Waals surface area contributed by atoms with E-state index in [0.717, 1.165) is 12.0 Å². The average molecular weight is 589 g/mol. The number of hydrogen-bond acceptors (Lipinski definition) is 9. The molecule has 4 aliphatic carbocycles. The van der Waals surface area contributed by atoms with E-state index in [1.165, 1.54) is 6.26 Å².